The van der Waals surface area contributed by atoms with Crippen LogP contribution in [0.2, 0.25) is 5.02 Å². The van der Waals surface area contributed by atoms with E-state index >= 15 is 0 Å². The maximum atomic E-state index is 12.9. The Morgan fingerprint density at radius 2 is 1.85 bits per heavy atom. The maximum absolute atomic E-state index is 12.9. The van der Waals surface area contributed by atoms with Gasteiger partial charge in [0.15, 0.2) is 0 Å². The van der Waals surface area contributed by atoms with Gasteiger partial charge in [0.25, 0.3) is 0 Å². The number of halogens is 1. The Bertz CT molecular complexity index is 805. The highest BCUT2D eigenvalue weighted by Crippen LogP contribution is 2.42. The number of carbonyl (C=O) groups excluding carboxylic acids is 1. The van der Waals surface area contributed by atoms with Crippen molar-refractivity contribution in [2.45, 2.75) is 43.3 Å². The molecule has 2 aromatic rings. The average Bonchev–Trinajstić information content (AvgIpc) is 3.09. The predicted molar refractivity (Wildman–Crippen MR) is 101 cm³/mol. The topological polar surface area (TPSA) is 73.4 Å². The van der Waals surface area contributed by atoms with Crippen LogP contribution in [-0.4, -0.2) is 17.1 Å². The van der Waals surface area contributed by atoms with E-state index in [1.165, 1.54) is 0 Å². The summed E-state index contributed by atoms with van der Waals surface area (Å²) in [5, 5.41) is 14.0. The molecule has 5 nitrogen and oxygen atoms in total. The van der Waals surface area contributed by atoms with Crippen molar-refractivity contribution in [1.29, 1.82) is 0 Å². The highest BCUT2D eigenvalue weighted by molar-refractivity contribution is 6.30. The fraction of sp³-hybridized carbons (Fsp3) is 0.350. The Hall–Kier alpha value is -2.08. The van der Waals surface area contributed by atoms with E-state index in [1.807, 2.05) is 36.4 Å². The number of phenols is 1. The molecular formula is C20H22ClN3O2. The molecule has 6 heteroatoms. The second kappa shape index (κ2) is 6.91. The molecule has 1 saturated heterocycles. The first-order valence-electron chi connectivity index (χ1n) is 8.94. The minimum Gasteiger partial charge on any atom is -0.508 e. The van der Waals surface area contributed by atoms with Crippen molar-refractivity contribution in [3.8, 4) is 5.75 Å². The number of carbonyl (C=O) groups is 1. The lowest BCUT2D eigenvalue weighted by Crippen LogP contribution is -2.55. The van der Waals surface area contributed by atoms with E-state index in [2.05, 4.69) is 16.2 Å². The fourth-order valence-corrected chi connectivity index (χ4v) is 3.95. The molecule has 26 heavy (non-hydrogen) atoms. The molecule has 1 aliphatic heterocycles. The molecule has 1 saturated carbocycles. The Morgan fingerprint density at radius 1 is 1.12 bits per heavy atom. The number of hydrazine groups is 1. The predicted octanol–water partition coefficient (Wildman–Crippen LogP) is 3.15. The van der Waals surface area contributed by atoms with Gasteiger partial charge in [-0.15, -0.1) is 0 Å². The van der Waals surface area contributed by atoms with Crippen LogP contribution in [0.15, 0.2) is 48.5 Å². The summed E-state index contributed by atoms with van der Waals surface area (Å²) in [6.07, 6.45) is 3.55. The second-order valence-corrected chi connectivity index (χ2v) is 7.56. The quantitative estimate of drug-likeness (QED) is 0.666. The normalized spacial score (nSPS) is 24.0. The lowest BCUT2D eigenvalue weighted by atomic mass is 9.71. The van der Waals surface area contributed by atoms with Gasteiger partial charge in [0, 0.05) is 10.6 Å². The Balaban J connectivity index is 1.45. The van der Waals surface area contributed by atoms with E-state index in [1.54, 1.807) is 12.1 Å². The molecule has 0 spiro atoms. The van der Waals surface area contributed by atoms with Gasteiger partial charge in [-0.2, -0.15) is 0 Å². The number of rotatable bonds is 4. The summed E-state index contributed by atoms with van der Waals surface area (Å²) >= 11 is 5.99. The van der Waals surface area contributed by atoms with Gasteiger partial charge >= 0.3 is 0 Å². The van der Waals surface area contributed by atoms with Crippen molar-refractivity contribution in [1.82, 2.24) is 16.2 Å². The van der Waals surface area contributed by atoms with Crippen molar-refractivity contribution in [2.75, 3.05) is 0 Å². The Morgan fingerprint density at radius 3 is 2.50 bits per heavy atom. The molecular weight excluding hydrogens is 350 g/mol. The minimum absolute atomic E-state index is 0.0231. The van der Waals surface area contributed by atoms with Crippen LogP contribution in [0.4, 0.5) is 0 Å². The summed E-state index contributed by atoms with van der Waals surface area (Å²) in [6, 6.07) is 14.5. The third-order valence-corrected chi connectivity index (χ3v) is 5.75. The molecule has 1 aliphatic carbocycles. The summed E-state index contributed by atoms with van der Waals surface area (Å²) in [7, 11) is 0. The van der Waals surface area contributed by atoms with Crippen molar-refractivity contribution >= 4 is 17.5 Å². The van der Waals surface area contributed by atoms with E-state index in [0.717, 1.165) is 30.4 Å². The van der Waals surface area contributed by atoms with Gasteiger partial charge in [0.2, 0.25) is 5.91 Å². The molecule has 1 heterocycles. The van der Waals surface area contributed by atoms with Crippen molar-refractivity contribution in [3.63, 3.8) is 0 Å². The number of phenolic OH excluding ortho intramolecular Hbond substituents is 1. The van der Waals surface area contributed by atoms with Crippen LogP contribution in [0.5, 0.6) is 5.75 Å². The van der Waals surface area contributed by atoms with Crippen molar-refractivity contribution in [3.05, 3.63) is 64.7 Å². The van der Waals surface area contributed by atoms with Crippen LogP contribution in [0.25, 0.3) is 0 Å². The fourth-order valence-electron chi connectivity index (χ4n) is 3.82. The van der Waals surface area contributed by atoms with Gasteiger partial charge in [-0.05, 0) is 49.4 Å². The number of benzene rings is 2. The molecule has 136 valence electrons. The van der Waals surface area contributed by atoms with E-state index in [4.69, 9.17) is 11.6 Å². The monoisotopic (exact) mass is 371 g/mol. The molecule has 4 N–H and O–H groups in total. The number of nitrogens with one attached hydrogen (secondary N) is 3. The van der Waals surface area contributed by atoms with Crippen LogP contribution < -0.4 is 16.2 Å². The van der Waals surface area contributed by atoms with Crippen LogP contribution in [0.1, 0.15) is 42.9 Å². The molecule has 0 aromatic heterocycles. The highest BCUT2D eigenvalue weighted by atomic mass is 35.5. The summed E-state index contributed by atoms with van der Waals surface area (Å²) < 4.78 is 0. The molecule has 2 aliphatic rings. The third-order valence-electron chi connectivity index (χ3n) is 5.50. The molecule has 0 radical (unpaired) electrons. The molecule has 2 fully saturated rings. The standard InChI is InChI=1S/C20H22ClN3O2/c21-14-8-6-13(7-9-14)20(10-3-11-20)22-19(26)17-12-16(23-24-17)15-4-1-2-5-18(15)25/h1-2,4-9,16-17,23-25H,3,10-12H2,(H,22,26). The van der Waals surface area contributed by atoms with Crippen LogP contribution in [0.3, 0.4) is 0 Å². The second-order valence-electron chi connectivity index (χ2n) is 7.12. The van der Waals surface area contributed by atoms with Crippen LogP contribution >= 0.6 is 11.6 Å². The van der Waals surface area contributed by atoms with E-state index in [0.29, 0.717) is 11.4 Å². The Labute approximate surface area is 157 Å². The van der Waals surface area contributed by atoms with Gasteiger partial charge in [-0.25, -0.2) is 10.9 Å². The Kier molecular flexibility index (Phi) is 4.61. The first-order chi connectivity index (χ1) is 12.6. The molecule has 4 rings (SSSR count). The lowest BCUT2D eigenvalue weighted by Gasteiger charge is -2.43. The van der Waals surface area contributed by atoms with E-state index < -0.39 is 0 Å². The van der Waals surface area contributed by atoms with E-state index in [9.17, 15) is 9.90 Å². The summed E-state index contributed by atoms with van der Waals surface area (Å²) in [5.74, 6) is 0.217. The molecule has 1 amide bonds. The molecule has 2 unspecified atom stereocenters. The number of para-hydroxylation sites is 1. The lowest BCUT2D eigenvalue weighted by molar-refractivity contribution is -0.126. The summed E-state index contributed by atoms with van der Waals surface area (Å²) in [4.78, 5) is 12.9. The van der Waals surface area contributed by atoms with Crippen LogP contribution in [-0.2, 0) is 10.3 Å². The van der Waals surface area contributed by atoms with Gasteiger partial charge in [-0.1, -0.05) is 41.9 Å². The maximum Gasteiger partial charge on any atom is 0.239 e. The highest BCUT2D eigenvalue weighted by Gasteiger charge is 2.42. The average molecular weight is 372 g/mol. The number of hydrogen-bond donors (Lipinski definition) is 4. The molecule has 2 atom stereocenters. The SMILES string of the molecule is O=C(NC1(c2ccc(Cl)cc2)CCC1)C1CC(c2ccccc2O)NN1. The van der Waals surface area contributed by atoms with Crippen LogP contribution in [0, 0.1) is 0 Å². The smallest absolute Gasteiger partial charge is 0.239 e. The van der Waals surface area contributed by atoms with Gasteiger partial charge in [0.1, 0.15) is 11.8 Å². The van der Waals surface area contributed by atoms with Gasteiger partial charge in [-0.3, -0.25) is 4.79 Å². The number of hydrogen-bond acceptors (Lipinski definition) is 4. The summed E-state index contributed by atoms with van der Waals surface area (Å²) in [5.41, 5.74) is 7.80. The van der Waals surface area contributed by atoms with Gasteiger partial charge in [0.05, 0.1) is 11.6 Å². The largest absolute Gasteiger partial charge is 0.508 e. The number of aromatic hydroxyl groups is 1. The molecule has 0 bridgehead atoms. The zero-order chi connectivity index (χ0) is 18.1. The zero-order valence-corrected chi connectivity index (χ0v) is 15.1. The van der Waals surface area contributed by atoms with Crippen molar-refractivity contribution in [2.24, 2.45) is 0 Å². The summed E-state index contributed by atoms with van der Waals surface area (Å²) in [6.45, 7) is 0. The minimum atomic E-state index is -0.343. The first-order valence-corrected chi connectivity index (χ1v) is 9.32. The molecule has 2 aromatic carbocycles. The zero-order valence-electron chi connectivity index (χ0n) is 14.3. The van der Waals surface area contributed by atoms with Gasteiger partial charge < -0.3 is 10.4 Å². The first kappa shape index (κ1) is 17.3. The third kappa shape index (κ3) is 3.18. The number of amides is 1. The van der Waals surface area contributed by atoms with Crippen molar-refractivity contribution < 1.29 is 9.90 Å². The van der Waals surface area contributed by atoms with E-state index in [-0.39, 0.29) is 29.3 Å².